The van der Waals surface area contributed by atoms with Crippen LogP contribution in [0.3, 0.4) is 0 Å². The van der Waals surface area contributed by atoms with E-state index in [1.807, 2.05) is 44.1 Å². The summed E-state index contributed by atoms with van der Waals surface area (Å²) in [6.45, 7) is 2.11. The Kier molecular flexibility index (Phi) is 6.20. The molecule has 3 rings (SSSR count). The van der Waals surface area contributed by atoms with Crippen molar-refractivity contribution >= 4 is 11.7 Å². The maximum atomic E-state index is 12.8. The van der Waals surface area contributed by atoms with Gasteiger partial charge < -0.3 is 19.7 Å². The molecule has 0 fully saturated rings. The molecule has 0 radical (unpaired) electrons. The Balaban J connectivity index is 1.81. The molecule has 1 aromatic carbocycles. The Morgan fingerprint density at radius 2 is 1.90 bits per heavy atom. The Labute approximate surface area is 175 Å². The molecule has 158 valence electrons. The van der Waals surface area contributed by atoms with Gasteiger partial charge in [0.15, 0.2) is 0 Å². The van der Waals surface area contributed by atoms with Crippen molar-refractivity contribution in [3.8, 4) is 22.8 Å². The van der Waals surface area contributed by atoms with Crippen LogP contribution in [0.4, 0.5) is 5.82 Å². The second-order valence-electron chi connectivity index (χ2n) is 6.97. The number of benzene rings is 1. The molecule has 9 heteroatoms. The van der Waals surface area contributed by atoms with Crippen molar-refractivity contribution in [1.82, 2.24) is 25.1 Å². The monoisotopic (exact) mass is 410 g/mol. The van der Waals surface area contributed by atoms with Crippen molar-refractivity contribution in [3.63, 3.8) is 0 Å². The van der Waals surface area contributed by atoms with Crippen LogP contribution >= 0.6 is 0 Å². The van der Waals surface area contributed by atoms with E-state index in [0.29, 0.717) is 28.7 Å². The number of methoxy groups -OCH3 is 2. The lowest BCUT2D eigenvalue weighted by atomic mass is 10.1. The van der Waals surface area contributed by atoms with Crippen LogP contribution < -0.4 is 19.7 Å². The summed E-state index contributed by atoms with van der Waals surface area (Å²) >= 11 is 0. The van der Waals surface area contributed by atoms with Crippen molar-refractivity contribution in [2.24, 2.45) is 7.05 Å². The fourth-order valence-corrected chi connectivity index (χ4v) is 3.00. The van der Waals surface area contributed by atoms with Gasteiger partial charge in [-0.15, -0.1) is 0 Å². The van der Waals surface area contributed by atoms with E-state index in [-0.39, 0.29) is 12.5 Å². The van der Waals surface area contributed by atoms with Crippen molar-refractivity contribution in [1.29, 1.82) is 0 Å². The maximum absolute atomic E-state index is 12.8. The number of ether oxygens (including phenoxy) is 2. The van der Waals surface area contributed by atoms with E-state index in [1.54, 1.807) is 33.4 Å². The summed E-state index contributed by atoms with van der Waals surface area (Å²) in [5.41, 5.74) is 2.60. The molecule has 2 heterocycles. The van der Waals surface area contributed by atoms with E-state index in [9.17, 15) is 4.79 Å². The van der Waals surface area contributed by atoms with E-state index in [1.165, 1.54) is 4.68 Å². The van der Waals surface area contributed by atoms with Gasteiger partial charge in [0.05, 0.1) is 26.5 Å². The van der Waals surface area contributed by atoms with Crippen LogP contribution in [0.15, 0.2) is 30.3 Å². The highest BCUT2D eigenvalue weighted by molar-refractivity contribution is 5.93. The summed E-state index contributed by atoms with van der Waals surface area (Å²) in [5.74, 6) is 2.39. The van der Waals surface area contributed by atoms with E-state index < -0.39 is 0 Å². The van der Waals surface area contributed by atoms with Crippen LogP contribution in [0, 0.1) is 6.92 Å². The summed E-state index contributed by atoms with van der Waals surface area (Å²) < 4.78 is 12.3. The van der Waals surface area contributed by atoms with Gasteiger partial charge in [0, 0.05) is 38.5 Å². The van der Waals surface area contributed by atoms with Crippen LogP contribution in [0.25, 0.3) is 11.3 Å². The Morgan fingerprint density at radius 3 is 2.57 bits per heavy atom. The molecule has 0 bridgehead atoms. The Bertz CT molecular complexity index is 1060. The first-order valence-corrected chi connectivity index (χ1v) is 9.39. The van der Waals surface area contributed by atoms with Crippen molar-refractivity contribution in [2.75, 3.05) is 33.2 Å². The highest BCUT2D eigenvalue weighted by atomic mass is 16.5. The molecule has 0 saturated carbocycles. The topological polar surface area (TPSA) is 94.4 Å². The molecule has 9 nitrogen and oxygen atoms in total. The fraction of sp³-hybridized carbons (Fsp3) is 0.333. The van der Waals surface area contributed by atoms with E-state index in [2.05, 4.69) is 20.4 Å². The van der Waals surface area contributed by atoms with Gasteiger partial charge in [-0.05, 0) is 31.2 Å². The number of rotatable bonds is 7. The SMILES string of the molecule is COc1ccc(OC)c(-c2cc(C(=O)NCc3nc(C)cc(N(C)C)n3)n(C)n2)c1. The predicted molar refractivity (Wildman–Crippen MR) is 114 cm³/mol. The molecule has 0 aliphatic rings. The summed E-state index contributed by atoms with van der Waals surface area (Å²) in [7, 11) is 8.73. The lowest BCUT2D eigenvalue weighted by molar-refractivity contribution is 0.0940. The van der Waals surface area contributed by atoms with E-state index in [0.717, 1.165) is 17.1 Å². The van der Waals surface area contributed by atoms with Crippen LogP contribution in [0.1, 0.15) is 22.0 Å². The quantitative estimate of drug-likeness (QED) is 0.638. The standard InChI is InChI=1S/C21H26N6O3/c1-13-9-20(26(2)3)24-19(23-13)12-22-21(28)17-11-16(25-27(17)4)15-10-14(29-5)7-8-18(15)30-6/h7-11H,12H2,1-6H3,(H,22,28). The molecule has 1 amide bonds. The number of hydrogen-bond donors (Lipinski definition) is 1. The van der Waals surface area contributed by atoms with Gasteiger partial charge in [-0.3, -0.25) is 9.48 Å². The highest BCUT2D eigenvalue weighted by Crippen LogP contribution is 2.32. The summed E-state index contributed by atoms with van der Waals surface area (Å²) in [6, 6.07) is 9.05. The van der Waals surface area contributed by atoms with Crippen molar-refractivity contribution in [3.05, 3.63) is 47.5 Å². The average Bonchev–Trinajstić information content (AvgIpc) is 3.12. The molecule has 30 heavy (non-hydrogen) atoms. The van der Waals surface area contributed by atoms with Gasteiger partial charge in [-0.1, -0.05) is 0 Å². The predicted octanol–water partition coefficient (Wildman–Crippen LogP) is 2.20. The van der Waals surface area contributed by atoms with Gasteiger partial charge >= 0.3 is 0 Å². The average molecular weight is 410 g/mol. The molecule has 1 N–H and O–H groups in total. The molecule has 0 unspecified atom stereocenters. The summed E-state index contributed by atoms with van der Waals surface area (Å²) in [6.07, 6.45) is 0. The van der Waals surface area contributed by atoms with Crippen LogP contribution in [0.5, 0.6) is 11.5 Å². The van der Waals surface area contributed by atoms with Crippen LogP contribution in [-0.2, 0) is 13.6 Å². The number of nitrogens with zero attached hydrogens (tertiary/aromatic N) is 5. The van der Waals surface area contributed by atoms with Crippen LogP contribution in [-0.4, -0.2) is 54.0 Å². The Morgan fingerprint density at radius 1 is 1.13 bits per heavy atom. The maximum Gasteiger partial charge on any atom is 0.269 e. The minimum absolute atomic E-state index is 0.213. The first kappa shape index (κ1) is 21.1. The van der Waals surface area contributed by atoms with E-state index in [4.69, 9.17) is 9.47 Å². The van der Waals surface area contributed by atoms with Crippen molar-refractivity contribution in [2.45, 2.75) is 13.5 Å². The second-order valence-corrected chi connectivity index (χ2v) is 6.97. The number of nitrogens with one attached hydrogen (secondary N) is 1. The zero-order valence-electron chi connectivity index (χ0n) is 18.1. The molecular formula is C21H26N6O3. The lowest BCUT2D eigenvalue weighted by Crippen LogP contribution is -2.26. The van der Waals surface area contributed by atoms with Crippen LogP contribution in [0.2, 0.25) is 0 Å². The third-order valence-electron chi connectivity index (χ3n) is 4.55. The molecular weight excluding hydrogens is 384 g/mol. The number of anilines is 1. The largest absolute Gasteiger partial charge is 0.497 e. The van der Waals surface area contributed by atoms with Gasteiger partial charge in [-0.2, -0.15) is 5.10 Å². The smallest absolute Gasteiger partial charge is 0.269 e. The first-order chi connectivity index (χ1) is 14.3. The summed E-state index contributed by atoms with van der Waals surface area (Å²) in [5, 5.41) is 7.34. The number of hydrogen-bond acceptors (Lipinski definition) is 7. The number of carbonyl (C=O) groups is 1. The highest BCUT2D eigenvalue weighted by Gasteiger charge is 2.18. The second kappa shape index (κ2) is 8.81. The third kappa shape index (κ3) is 4.51. The number of amides is 1. The van der Waals surface area contributed by atoms with E-state index >= 15 is 0 Å². The third-order valence-corrected chi connectivity index (χ3v) is 4.55. The first-order valence-electron chi connectivity index (χ1n) is 9.39. The zero-order valence-corrected chi connectivity index (χ0v) is 18.1. The zero-order chi connectivity index (χ0) is 21.8. The molecule has 2 aromatic heterocycles. The van der Waals surface area contributed by atoms with Crippen molar-refractivity contribution < 1.29 is 14.3 Å². The van der Waals surface area contributed by atoms with Gasteiger partial charge in [0.1, 0.15) is 28.8 Å². The molecule has 0 spiro atoms. The Hall–Kier alpha value is -3.62. The number of carbonyl (C=O) groups excluding carboxylic acids is 1. The molecule has 0 aliphatic carbocycles. The molecule has 0 aliphatic heterocycles. The minimum atomic E-state index is -0.269. The normalized spacial score (nSPS) is 10.6. The summed E-state index contributed by atoms with van der Waals surface area (Å²) in [4.78, 5) is 23.5. The van der Waals surface area contributed by atoms with Gasteiger partial charge in [0.25, 0.3) is 5.91 Å². The minimum Gasteiger partial charge on any atom is -0.497 e. The molecule has 0 saturated heterocycles. The van der Waals surface area contributed by atoms with Gasteiger partial charge in [0.2, 0.25) is 0 Å². The molecule has 3 aromatic rings. The number of aryl methyl sites for hydroxylation is 2. The van der Waals surface area contributed by atoms with Gasteiger partial charge in [-0.25, -0.2) is 9.97 Å². The number of aromatic nitrogens is 4. The fourth-order valence-electron chi connectivity index (χ4n) is 3.00. The lowest BCUT2D eigenvalue weighted by Gasteiger charge is -2.13. The molecule has 0 atom stereocenters.